The molecule has 2 spiro atoms. The Hall–Kier alpha value is -4.39. The van der Waals surface area contributed by atoms with Crippen molar-refractivity contribution in [1.82, 2.24) is 26.5 Å². The number of fused-ring (bicyclic) bond motifs is 10. The maximum atomic E-state index is 19.1. The van der Waals surface area contributed by atoms with Gasteiger partial charge in [-0.3, -0.25) is 17.3 Å². The van der Waals surface area contributed by atoms with Gasteiger partial charge >= 0.3 is 0 Å². The molecule has 2 saturated heterocycles. The molecular weight excluding hydrogens is 1540 g/mol. The van der Waals surface area contributed by atoms with Gasteiger partial charge in [0.05, 0.1) is 24.2 Å². The fourth-order valence-corrected chi connectivity index (χ4v) is 72.6. The molecule has 117 heavy (non-hydrogen) atoms. The Labute approximate surface area is 717 Å². The van der Waals surface area contributed by atoms with Gasteiger partial charge in [0, 0.05) is 97.6 Å². The van der Waals surface area contributed by atoms with E-state index in [9.17, 15) is 0 Å². The highest BCUT2D eigenvalue weighted by Gasteiger charge is 2.76. The number of hydrogen-bond donors (Lipinski definition) is 0. The number of imidazole rings is 2. The van der Waals surface area contributed by atoms with Crippen LogP contribution in [-0.2, 0) is 0 Å². The first-order chi connectivity index (χ1) is 54.2. The second kappa shape index (κ2) is 32.0. The number of anilines is 2. The van der Waals surface area contributed by atoms with Gasteiger partial charge in [0.2, 0.25) is 44.6 Å². The summed E-state index contributed by atoms with van der Waals surface area (Å²) in [5.74, 6) is 2.79. The molecule has 6 heterocycles. The van der Waals surface area contributed by atoms with Gasteiger partial charge in [0.15, 0.2) is 0 Å². The molecule has 4 aliphatic heterocycles. The molecule has 4 bridgehead atoms. The third-order valence-corrected chi connectivity index (χ3v) is 62.9. The molecule has 18 heteroatoms. The van der Waals surface area contributed by atoms with Crippen LogP contribution >= 0.6 is 14.4 Å². The van der Waals surface area contributed by atoms with E-state index in [2.05, 4.69) is 403 Å². The third kappa shape index (κ3) is 13.8. The van der Waals surface area contributed by atoms with Crippen molar-refractivity contribution in [2.45, 2.75) is 389 Å². The number of aromatic nitrogens is 4. The number of hydrogen-bond acceptors (Lipinski definition) is 8. The Bertz CT molecular complexity index is 4450. The summed E-state index contributed by atoms with van der Waals surface area (Å²) in [5, 5.41) is 3.34. The Kier molecular flexibility index (Phi) is 25.1. The average molecular weight is 1700 g/mol. The van der Waals surface area contributed by atoms with E-state index >= 15 is 9.59 Å². The van der Waals surface area contributed by atoms with Crippen molar-refractivity contribution in [3.63, 3.8) is 0 Å². The molecule has 6 atom stereocenters. The minimum Gasteiger partial charge on any atom is -0.830 e. The topological polar surface area (TPSA) is 83.2 Å². The quantitative estimate of drug-likeness (QED) is 0.0538. The van der Waals surface area contributed by atoms with E-state index in [1.165, 1.54) is 147 Å². The van der Waals surface area contributed by atoms with E-state index in [1.54, 1.807) is 10.6 Å². The molecule has 8 aliphatic rings. The highest BCUT2D eigenvalue weighted by atomic mass is 31.2. The predicted molar refractivity (Wildman–Crippen MR) is 512 cm³/mol. The van der Waals surface area contributed by atoms with Crippen molar-refractivity contribution in [3.8, 4) is 0 Å². The molecule has 4 aromatic carbocycles. The molecule has 0 N–H and O–H groups in total. The van der Waals surface area contributed by atoms with Crippen LogP contribution in [0.2, 0.25) is 26.2 Å². The monoisotopic (exact) mass is 1700 g/mol. The van der Waals surface area contributed by atoms with E-state index in [4.69, 9.17) is 0 Å². The second-order valence-corrected chi connectivity index (χ2v) is 65.2. The minimum absolute atomic E-state index is 0.125. The second-order valence-electron chi connectivity index (χ2n) is 43.9. The van der Waals surface area contributed by atoms with Gasteiger partial charge in [-0.25, -0.2) is 18.3 Å². The lowest BCUT2D eigenvalue weighted by molar-refractivity contribution is -0.706. The molecule has 644 valence electrons. The smallest absolute Gasteiger partial charge is 0.238 e. The zero-order chi connectivity index (χ0) is 86.9. The molecule has 6 aromatic rings. The number of para-hydroxylation sites is 2. The van der Waals surface area contributed by atoms with Crippen LogP contribution in [0.3, 0.4) is 0 Å². The van der Waals surface area contributed by atoms with Crippen LogP contribution < -0.4 is 38.8 Å². The van der Waals surface area contributed by atoms with Crippen molar-refractivity contribution in [2.24, 2.45) is 23.7 Å². The summed E-state index contributed by atoms with van der Waals surface area (Å²) in [6.07, 6.45) is 11.2. The van der Waals surface area contributed by atoms with Crippen LogP contribution in [-0.4, -0.2) is 92.2 Å². The lowest BCUT2D eigenvalue weighted by Gasteiger charge is -2.78. The average Bonchev–Trinajstić information content (AvgIpc) is 1.63. The largest absolute Gasteiger partial charge is 0.830 e. The lowest BCUT2D eigenvalue weighted by Crippen LogP contribution is -2.89. The van der Waals surface area contributed by atoms with Gasteiger partial charge in [0.1, 0.15) is 22.8 Å². The van der Waals surface area contributed by atoms with E-state index < -0.39 is 48.1 Å². The van der Waals surface area contributed by atoms with E-state index in [1.807, 2.05) is 0 Å². The zero-order valence-electron chi connectivity index (χ0n) is 80.7. The Balaban J connectivity index is 0.000000204. The van der Waals surface area contributed by atoms with Gasteiger partial charge in [-0.2, -0.15) is 0 Å². The highest BCUT2D eigenvalue weighted by molar-refractivity contribution is 7.88. The SMILES string of the molecule is CCCCC.Cc1c(C)[n+](C(C)C)c([Si@@]2([O-])C(c3ccccc3)=P3(C4=C([C@H]5CC[C@@H]4C5)N2c2c(C(C)C)cccc2C(C)C)N(C(C)(C)C)[Si](C)(C)N3C(C)(C)C)n1C(C)C.Cc1c(C)[n+](C(C)C)c([Si@]2([O-])C(c3ccccc3)=P3(C4=C([C@@H]5CC[C@H]4C5)N2c2c(C(C)C)cccc2C(C)C)N(C(C)(C)C)[Si](C)(C)N3C(C)(C)C)n1C(C)C. The molecule has 2 aromatic heterocycles. The van der Waals surface area contributed by atoms with Crippen molar-refractivity contribution < 1.29 is 18.7 Å². The summed E-state index contributed by atoms with van der Waals surface area (Å²) in [5.41, 5.74) is 19.4. The molecular formula is C99H160N10O2P2Si4. The van der Waals surface area contributed by atoms with Gasteiger partial charge in [-0.15, -0.1) is 0 Å². The Morgan fingerprint density at radius 3 is 0.880 bits per heavy atom. The Morgan fingerprint density at radius 2 is 0.658 bits per heavy atom. The first-order valence-corrected chi connectivity index (χ1v) is 59.0. The fraction of sp³-hybridized carbons (Fsp3) is 0.636. The summed E-state index contributed by atoms with van der Waals surface area (Å²) in [7, 11) is -18.5. The van der Waals surface area contributed by atoms with Crippen molar-refractivity contribution in [2.75, 3.05) is 9.13 Å². The Morgan fingerprint density at radius 1 is 0.393 bits per heavy atom. The lowest BCUT2D eigenvalue weighted by atomic mass is 9.91. The minimum atomic E-state index is -4.31. The number of benzene rings is 4. The number of rotatable bonds is 16. The van der Waals surface area contributed by atoms with Crippen molar-refractivity contribution in [1.29, 1.82) is 0 Å². The van der Waals surface area contributed by atoms with Crippen LogP contribution in [0.5, 0.6) is 0 Å². The van der Waals surface area contributed by atoms with Crippen LogP contribution in [0.1, 0.15) is 369 Å². The maximum absolute atomic E-state index is 19.1. The molecule has 2 saturated carbocycles. The predicted octanol–water partition coefficient (Wildman–Crippen LogP) is 23.2. The van der Waals surface area contributed by atoms with Crippen molar-refractivity contribution in [3.05, 3.63) is 175 Å². The summed E-state index contributed by atoms with van der Waals surface area (Å²) in [6, 6.07) is 36.9. The molecule has 0 unspecified atom stereocenters. The molecule has 4 aliphatic carbocycles. The highest BCUT2D eigenvalue weighted by Crippen LogP contribution is 2.86. The molecule has 0 radical (unpaired) electrons. The molecule has 0 amide bonds. The fourth-order valence-electron chi connectivity index (χ4n) is 25.5. The molecule has 12 nitrogen and oxygen atoms in total. The van der Waals surface area contributed by atoms with E-state index in [-0.39, 0.29) is 70.0 Å². The standard InChI is InChI=1S/2C47H74N5OPSi2.C5H12/c2*1-30(2)39-25-22-26-40(31(3)4)42(39)50-41-37-27-28-38(29-37)43(41)54(51(46(11,12)13)55(17,18)52(54)47(14,15)16)44(36-23-20-19-21-24-36)56(50,53)45-48(32(5)6)34(9)35(10)49(45)33(7)8;1-3-5-4-2/h2*19-26,30-33,37-38H,27-29H2,1-18H3;3-5H2,1-2H3/t2*37-,38+,56-;/m10./s1. The van der Waals surface area contributed by atoms with Gasteiger partial charge in [-0.1, -0.05) is 186 Å². The van der Waals surface area contributed by atoms with E-state index in [0.29, 0.717) is 23.7 Å². The van der Waals surface area contributed by atoms with Gasteiger partial charge < -0.3 is 18.7 Å². The van der Waals surface area contributed by atoms with E-state index in [0.717, 1.165) is 10.9 Å². The van der Waals surface area contributed by atoms with Crippen LogP contribution in [0.15, 0.2) is 119 Å². The molecule has 14 rings (SSSR count). The van der Waals surface area contributed by atoms with Crippen LogP contribution in [0.25, 0.3) is 0 Å². The number of allylic oxidation sites excluding steroid dienone is 4. The normalized spacial score (nSPS) is 24.5. The van der Waals surface area contributed by atoms with Gasteiger partial charge in [0.25, 0.3) is 0 Å². The maximum Gasteiger partial charge on any atom is 0.238 e. The number of nitrogens with zero attached hydrogens (tertiary/aromatic N) is 10. The molecule has 4 fully saturated rings. The summed E-state index contributed by atoms with van der Waals surface area (Å²) < 4.78 is 27.7. The first kappa shape index (κ1) is 91.8. The summed E-state index contributed by atoms with van der Waals surface area (Å²) in [4.78, 5) is 40.6. The van der Waals surface area contributed by atoms with Crippen molar-refractivity contribution >= 4 is 80.2 Å². The zero-order valence-corrected chi connectivity index (χ0v) is 86.5. The van der Waals surface area contributed by atoms with Crippen LogP contribution in [0.4, 0.5) is 11.4 Å². The summed E-state index contributed by atoms with van der Waals surface area (Å²) in [6.45, 7) is 90.7. The number of unbranched alkanes of at least 4 members (excludes halogenated alkanes) is 2. The van der Waals surface area contributed by atoms with Gasteiger partial charge in [-0.05, 0) is 294 Å². The first-order valence-electron chi connectivity index (χ1n) is 46.1. The third-order valence-electron chi connectivity index (χ3n) is 27.8. The van der Waals surface area contributed by atoms with Crippen LogP contribution in [0, 0.1) is 51.4 Å². The summed E-state index contributed by atoms with van der Waals surface area (Å²) >= 11 is 0.